The van der Waals surface area contributed by atoms with Crippen LogP contribution in [0.3, 0.4) is 0 Å². The van der Waals surface area contributed by atoms with E-state index in [4.69, 9.17) is 0 Å². The molecule has 1 atom stereocenters. The molecule has 0 aliphatic carbocycles. The van der Waals surface area contributed by atoms with Crippen LogP contribution in [0.1, 0.15) is 36.9 Å². The fourth-order valence-corrected chi connectivity index (χ4v) is 3.14. The van der Waals surface area contributed by atoms with Crippen LogP contribution in [0.4, 0.5) is 0 Å². The van der Waals surface area contributed by atoms with Crippen molar-refractivity contribution in [2.75, 3.05) is 12.8 Å². The molecule has 0 spiro atoms. The van der Waals surface area contributed by atoms with Gasteiger partial charge >= 0.3 is 5.69 Å². The van der Waals surface area contributed by atoms with Crippen LogP contribution in [-0.2, 0) is 7.05 Å². The second-order valence-corrected chi connectivity index (χ2v) is 6.33. The van der Waals surface area contributed by atoms with Crippen LogP contribution in [0.25, 0.3) is 0 Å². The second kappa shape index (κ2) is 6.95. The molecule has 6 heteroatoms. The Bertz CT molecular complexity index is 630. The van der Waals surface area contributed by atoms with Gasteiger partial charge in [-0.05, 0) is 24.1 Å². The first kappa shape index (κ1) is 15.9. The lowest BCUT2D eigenvalue weighted by Crippen LogP contribution is -2.19. The van der Waals surface area contributed by atoms with E-state index < -0.39 is 0 Å². The highest BCUT2D eigenvalue weighted by molar-refractivity contribution is 7.99. The highest BCUT2D eigenvalue weighted by Crippen LogP contribution is 2.24. The first-order valence-corrected chi connectivity index (χ1v) is 8.02. The van der Waals surface area contributed by atoms with Gasteiger partial charge in [0, 0.05) is 18.8 Å². The third kappa shape index (κ3) is 3.77. The Kier molecular flexibility index (Phi) is 5.25. The molecule has 2 aromatic rings. The molecule has 0 saturated heterocycles. The van der Waals surface area contributed by atoms with E-state index in [2.05, 4.69) is 53.6 Å². The number of thioether (sulfide) groups is 1. The standard InChI is InChI=1S/C15H22N4OS/c1-10(2)11-5-7-12(8-6-11)13(16-3)9-21-15-18-17-14(20)19(15)4/h5-8,10,13,16H,9H2,1-4H3,(H,17,20). The summed E-state index contributed by atoms with van der Waals surface area (Å²) in [6.07, 6.45) is 0. The van der Waals surface area contributed by atoms with Crippen molar-refractivity contribution in [2.24, 2.45) is 7.05 Å². The summed E-state index contributed by atoms with van der Waals surface area (Å²) in [5, 5.41) is 10.5. The van der Waals surface area contributed by atoms with Crippen LogP contribution < -0.4 is 11.0 Å². The molecule has 0 fully saturated rings. The molecule has 0 radical (unpaired) electrons. The quantitative estimate of drug-likeness (QED) is 0.804. The van der Waals surface area contributed by atoms with Crippen molar-refractivity contribution in [1.82, 2.24) is 20.1 Å². The topological polar surface area (TPSA) is 62.7 Å². The number of nitrogens with one attached hydrogen (secondary N) is 2. The van der Waals surface area contributed by atoms with Gasteiger partial charge in [-0.1, -0.05) is 49.9 Å². The summed E-state index contributed by atoms with van der Waals surface area (Å²) in [6.45, 7) is 4.39. The van der Waals surface area contributed by atoms with Gasteiger partial charge in [0.25, 0.3) is 0 Å². The molecule has 0 aliphatic rings. The Labute approximate surface area is 129 Å². The van der Waals surface area contributed by atoms with Crippen molar-refractivity contribution in [1.29, 1.82) is 0 Å². The van der Waals surface area contributed by atoms with Crippen molar-refractivity contribution < 1.29 is 0 Å². The number of hydrogen-bond acceptors (Lipinski definition) is 4. The van der Waals surface area contributed by atoms with Gasteiger partial charge in [0.05, 0.1) is 0 Å². The molecule has 0 aliphatic heterocycles. The molecule has 0 saturated carbocycles. The maximum Gasteiger partial charge on any atom is 0.343 e. The third-order valence-corrected chi connectivity index (χ3v) is 4.70. The van der Waals surface area contributed by atoms with Crippen LogP contribution in [0.15, 0.2) is 34.2 Å². The van der Waals surface area contributed by atoms with E-state index in [1.807, 2.05) is 7.05 Å². The summed E-state index contributed by atoms with van der Waals surface area (Å²) in [6, 6.07) is 8.92. The first-order valence-electron chi connectivity index (χ1n) is 7.04. The molecule has 2 N–H and O–H groups in total. The average molecular weight is 306 g/mol. The van der Waals surface area contributed by atoms with E-state index in [0.29, 0.717) is 11.1 Å². The SMILES string of the molecule is CNC(CSc1n[nH]c(=O)n1C)c1ccc(C(C)C)cc1. The van der Waals surface area contributed by atoms with Crippen molar-refractivity contribution in [3.8, 4) is 0 Å². The van der Waals surface area contributed by atoms with Crippen molar-refractivity contribution in [2.45, 2.75) is 31.0 Å². The van der Waals surface area contributed by atoms with Crippen molar-refractivity contribution in [3.05, 3.63) is 45.9 Å². The summed E-state index contributed by atoms with van der Waals surface area (Å²) in [5.74, 6) is 1.36. The van der Waals surface area contributed by atoms with E-state index in [0.717, 1.165) is 5.75 Å². The normalized spacial score (nSPS) is 12.8. The fourth-order valence-electron chi connectivity index (χ4n) is 2.08. The van der Waals surface area contributed by atoms with Gasteiger partial charge in [0.15, 0.2) is 5.16 Å². The van der Waals surface area contributed by atoms with Gasteiger partial charge in [-0.25, -0.2) is 9.89 Å². The molecule has 21 heavy (non-hydrogen) atoms. The molecular formula is C15H22N4OS. The molecule has 0 bridgehead atoms. The van der Waals surface area contributed by atoms with Crippen LogP contribution in [0, 0.1) is 0 Å². The highest BCUT2D eigenvalue weighted by atomic mass is 32.2. The van der Waals surface area contributed by atoms with Gasteiger partial charge < -0.3 is 5.32 Å². The number of aromatic amines is 1. The van der Waals surface area contributed by atoms with Crippen LogP contribution in [-0.4, -0.2) is 27.6 Å². The number of benzene rings is 1. The fraction of sp³-hybridized carbons (Fsp3) is 0.467. The molecule has 114 valence electrons. The smallest absolute Gasteiger partial charge is 0.312 e. The summed E-state index contributed by atoms with van der Waals surface area (Å²) in [7, 11) is 3.67. The molecule has 1 heterocycles. The Hall–Kier alpha value is -1.53. The maximum atomic E-state index is 11.3. The average Bonchev–Trinajstić information content (AvgIpc) is 2.80. The largest absolute Gasteiger partial charge is 0.343 e. The Morgan fingerprint density at radius 1 is 1.29 bits per heavy atom. The summed E-state index contributed by atoms with van der Waals surface area (Å²) in [5.41, 5.74) is 2.41. The number of nitrogens with zero attached hydrogens (tertiary/aromatic N) is 2. The minimum Gasteiger partial charge on any atom is -0.312 e. The van der Waals surface area contributed by atoms with Gasteiger partial charge in [0.1, 0.15) is 0 Å². The predicted octanol–water partition coefficient (Wildman–Crippen LogP) is 2.28. The minimum atomic E-state index is -0.181. The van der Waals surface area contributed by atoms with E-state index in [9.17, 15) is 4.79 Å². The predicted molar refractivity (Wildman–Crippen MR) is 86.9 cm³/mol. The number of rotatable bonds is 6. The van der Waals surface area contributed by atoms with E-state index in [-0.39, 0.29) is 11.7 Å². The Morgan fingerprint density at radius 2 is 1.90 bits per heavy atom. The lowest BCUT2D eigenvalue weighted by Gasteiger charge is -2.17. The molecule has 1 aromatic heterocycles. The zero-order valence-electron chi connectivity index (χ0n) is 12.9. The summed E-state index contributed by atoms with van der Waals surface area (Å²) >= 11 is 1.56. The van der Waals surface area contributed by atoms with Crippen molar-refractivity contribution >= 4 is 11.8 Å². The monoisotopic (exact) mass is 306 g/mol. The minimum absolute atomic E-state index is 0.181. The summed E-state index contributed by atoms with van der Waals surface area (Å²) in [4.78, 5) is 11.3. The number of aromatic nitrogens is 3. The highest BCUT2D eigenvalue weighted by Gasteiger charge is 2.13. The molecule has 2 rings (SSSR count). The van der Waals surface area contributed by atoms with E-state index >= 15 is 0 Å². The number of hydrogen-bond donors (Lipinski definition) is 2. The van der Waals surface area contributed by atoms with Gasteiger partial charge in [-0.2, -0.15) is 0 Å². The summed E-state index contributed by atoms with van der Waals surface area (Å²) < 4.78 is 1.53. The molecule has 0 amide bonds. The Morgan fingerprint density at radius 3 is 2.38 bits per heavy atom. The van der Waals surface area contributed by atoms with E-state index in [1.165, 1.54) is 15.7 Å². The van der Waals surface area contributed by atoms with Crippen molar-refractivity contribution in [3.63, 3.8) is 0 Å². The lowest BCUT2D eigenvalue weighted by molar-refractivity contribution is 0.658. The molecular weight excluding hydrogens is 284 g/mol. The zero-order valence-corrected chi connectivity index (χ0v) is 13.7. The van der Waals surface area contributed by atoms with Crippen LogP contribution >= 0.6 is 11.8 Å². The Balaban J connectivity index is 2.06. The van der Waals surface area contributed by atoms with E-state index in [1.54, 1.807) is 18.8 Å². The van der Waals surface area contributed by atoms with Gasteiger partial charge in [0.2, 0.25) is 0 Å². The second-order valence-electron chi connectivity index (χ2n) is 5.34. The third-order valence-electron chi connectivity index (χ3n) is 3.57. The lowest BCUT2D eigenvalue weighted by atomic mass is 10.00. The number of H-pyrrole nitrogens is 1. The van der Waals surface area contributed by atoms with Crippen LogP contribution in [0.5, 0.6) is 0 Å². The molecule has 1 unspecified atom stereocenters. The van der Waals surface area contributed by atoms with Gasteiger partial charge in [-0.15, -0.1) is 5.10 Å². The molecule has 1 aromatic carbocycles. The zero-order chi connectivity index (χ0) is 15.4. The van der Waals surface area contributed by atoms with Gasteiger partial charge in [-0.3, -0.25) is 4.57 Å². The molecule has 5 nitrogen and oxygen atoms in total. The first-order chi connectivity index (χ1) is 10.0. The van der Waals surface area contributed by atoms with Crippen LogP contribution in [0.2, 0.25) is 0 Å². The maximum absolute atomic E-state index is 11.3.